The highest BCUT2D eigenvalue weighted by Crippen LogP contribution is 2.39. The summed E-state index contributed by atoms with van der Waals surface area (Å²) in [5.74, 6) is -0.123. The van der Waals surface area contributed by atoms with Crippen LogP contribution in [0.2, 0.25) is 0 Å². The van der Waals surface area contributed by atoms with Crippen molar-refractivity contribution in [3.8, 4) is 0 Å². The lowest BCUT2D eigenvalue weighted by atomic mass is 9.91. The Hall–Kier alpha value is -0.860. The Balaban J connectivity index is 2.26. The third kappa shape index (κ3) is 2.28. The van der Waals surface area contributed by atoms with Crippen molar-refractivity contribution >= 4 is 0 Å². The van der Waals surface area contributed by atoms with Crippen molar-refractivity contribution in [2.24, 2.45) is 5.92 Å². The van der Waals surface area contributed by atoms with Crippen molar-refractivity contribution in [1.82, 2.24) is 0 Å². The van der Waals surface area contributed by atoms with E-state index in [0.29, 0.717) is 5.92 Å². The minimum absolute atomic E-state index is 0.125. The van der Waals surface area contributed by atoms with Gasteiger partial charge in [0.15, 0.2) is 5.79 Å². The topological polar surface area (TPSA) is 18.5 Å². The Kier molecular flexibility index (Phi) is 3.04. The quantitative estimate of drug-likeness (QED) is 0.720. The molecule has 88 valence electrons. The highest BCUT2D eigenvalue weighted by Gasteiger charge is 2.39. The molecule has 1 aliphatic rings. The van der Waals surface area contributed by atoms with Gasteiger partial charge in [-0.05, 0) is 26.3 Å². The predicted molar refractivity (Wildman–Crippen MR) is 64.1 cm³/mol. The average Bonchev–Trinajstić information content (AvgIpc) is 2.24. The Morgan fingerprint density at radius 1 is 1.00 bits per heavy atom. The van der Waals surface area contributed by atoms with Crippen molar-refractivity contribution in [2.45, 2.75) is 45.7 Å². The summed E-state index contributed by atoms with van der Waals surface area (Å²) < 4.78 is 11.8. The first kappa shape index (κ1) is 11.6. The molecule has 1 saturated heterocycles. The van der Waals surface area contributed by atoms with Gasteiger partial charge in [-0.2, -0.15) is 0 Å². The molecule has 2 nitrogen and oxygen atoms in total. The first-order chi connectivity index (χ1) is 7.49. The fourth-order valence-electron chi connectivity index (χ4n) is 2.26. The van der Waals surface area contributed by atoms with Crippen LogP contribution in [0.3, 0.4) is 0 Å². The molecule has 0 radical (unpaired) electrons. The Labute approximate surface area is 97.6 Å². The van der Waals surface area contributed by atoms with E-state index in [0.717, 1.165) is 0 Å². The van der Waals surface area contributed by atoms with Crippen LogP contribution in [-0.4, -0.2) is 11.9 Å². The fourth-order valence-corrected chi connectivity index (χ4v) is 2.26. The normalized spacial score (nSPS) is 33.6. The highest BCUT2D eigenvalue weighted by atomic mass is 16.7. The van der Waals surface area contributed by atoms with Crippen molar-refractivity contribution in [2.75, 3.05) is 0 Å². The molecule has 0 bridgehead atoms. The predicted octanol–water partition coefficient (Wildman–Crippen LogP) is 3.54. The summed E-state index contributed by atoms with van der Waals surface area (Å²) >= 11 is 0. The maximum Gasteiger partial charge on any atom is 0.163 e. The molecule has 2 heteroatoms. The third-order valence-electron chi connectivity index (χ3n) is 3.23. The summed E-state index contributed by atoms with van der Waals surface area (Å²) in [6, 6.07) is 10.4. The van der Waals surface area contributed by atoms with Crippen molar-refractivity contribution < 1.29 is 9.47 Å². The van der Waals surface area contributed by atoms with E-state index in [1.807, 2.05) is 19.9 Å². The average molecular weight is 220 g/mol. The van der Waals surface area contributed by atoms with Crippen molar-refractivity contribution in [3.05, 3.63) is 35.9 Å². The molecular weight excluding hydrogens is 200 g/mol. The van der Waals surface area contributed by atoms with Gasteiger partial charge < -0.3 is 9.47 Å². The van der Waals surface area contributed by atoms with Crippen LogP contribution in [0.15, 0.2) is 30.3 Å². The molecule has 0 saturated carbocycles. The number of rotatable bonds is 1. The zero-order chi connectivity index (χ0) is 11.8. The molecular formula is C14H20O2. The third-order valence-corrected chi connectivity index (χ3v) is 3.23. The summed E-state index contributed by atoms with van der Waals surface area (Å²) in [4.78, 5) is 0. The Bertz CT molecular complexity index is 345. The van der Waals surface area contributed by atoms with E-state index in [-0.39, 0.29) is 12.2 Å². The van der Waals surface area contributed by atoms with Crippen molar-refractivity contribution in [1.29, 1.82) is 0 Å². The van der Waals surface area contributed by atoms with Gasteiger partial charge in [0, 0.05) is 5.92 Å². The molecule has 2 rings (SSSR count). The molecule has 1 fully saturated rings. The van der Waals surface area contributed by atoms with Gasteiger partial charge in [0.25, 0.3) is 0 Å². The van der Waals surface area contributed by atoms with Gasteiger partial charge >= 0.3 is 0 Å². The molecule has 1 aromatic carbocycles. The maximum atomic E-state index is 6.02. The fraction of sp³-hybridized carbons (Fsp3) is 0.571. The van der Waals surface area contributed by atoms with E-state index in [9.17, 15) is 0 Å². The van der Waals surface area contributed by atoms with Gasteiger partial charge in [-0.25, -0.2) is 0 Å². The van der Waals surface area contributed by atoms with E-state index in [1.54, 1.807) is 0 Å². The van der Waals surface area contributed by atoms with Gasteiger partial charge in [0.2, 0.25) is 0 Å². The molecule has 0 N–H and O–H groups in total. The zero-order valence-corrected chi connectivity index (χ0v) is 10.4. The Morgan fingerprint density at radius 2 is 1.62 bits per heavy atom. The maximum absolute atomic E-state index is 6.02. The largest absolute Gasteiger partial charge is 0.347 e. The summed E-state index contributed by atoms with van der Waals surface area (Å²) in [6.45, 7) is 8.25. The van der Waals surface area contributed by atoms with Gasteiger partial charge in [0.05, 0.1) is 12.2 Å². The SMILES string of the molecule is C[C@@H]1[C@H](C)OC(C)(C)O[C@H]1c1ccccc1. The van der Waals surface area contributed by atoms with Gasteiger partial charge in [-0.3, -0.25) is 0 Å². The molecule has 1 aromatic rings. The van der Waals surface area contributed by atoms with Crippen LogP contribution in [0.25, 0.3) is 0 Å². The smallest absolute Gasteiger partial charge is 0.163 e. The summed E-state index contributed by atoms with van der Waals surface area (Å²) in [6.07, 6.45) is 0.342. The molecule has 3 atom stereocenters. The second-order valence-electron chi connectivity index (χ2n) is 5.03. The van der Waals surface area contributed by atoms with Crippen LogP contribution >= 0.6 is 0 Å². The van der Waals surface area contributed by atoms with E-state index in [2.05, 4.69) is 38.1 Å². The van der Waals surface area contributed by atoms with Gasteiger partial charge in [-0.15, -0.1) is 0 Å². The number of hydrogen-bond donors (Lipinski definition) is 0. The number of hydrogen-bond acceptors (Lipinski definition) is 2. The van der Waals surface area contributed by atoms with Crippen LogP contribution in [-0.2, 0) is 9.47 Å². The van der Waals surface area contributed by atoms with Crippen LogP contribution < -0.4 is 0 Å². The first-order valence-electron chi connectivity index (χ1n) is 5.90. The first-order valence-corrected chi connectivity index (χ1v) is 5.90. The number of benzene rings is 1. The summed E-state index contributed by atoms with van der Waals surface area (Å²) in [5.41, 5.74) is 1.23. The van der Waals surface area contributed by atoms with Crippen molar-refractivity contribution in [3.63, 3.8) is 0 Å². The van der Waals surface area contributed by atoms with Gasteiger partial charge in [0.1, 0.15) is 0 Å². The van der Waals surface area contributed by atoms with Crippen LogP contribution in [0.1, 0.15) is 39.4 Å². The minimum Gasteiger partial charge on any atom is -0.347 e. The second-order valence-corrected chi connectivity index (χ2v) is 5.03. The summed E-state index contributed by atoms with van der Waals surface area (Å²) in [5, 5.41) is 0. The Morgan fingerprint density at radius 3 is 2.25 bits per heavy atom. The standard InChI is InChI=1S/C14H20O2/c1-10-11(2)15-14(3,4)16-13(10)12-8-6-5-7-9-12/h5-11,13H,1-4H3/t10-,11+,13-/m1/s1. The van der Waals surface area contributed by atoms with Crippen LogP contribution in [0.5, 0.6) is 0 Å². The van der Waals surface area contributed by atoms with E-state index in [4.69, 9.17) is 9.47 Å². The lowest BCUT2D eigenvalue weighted by Crippen LogP contribution is -2.45. The molecule has 1 heterocycles. The van der Waals surface area contributed by atoms with E-state index in [1.165, 1.54) is 5.56 Å². The lowest BCUT2D eigenvalue weighted by molar-refractivity contribution is -0.318. The highest BCUT2D eigenvalue weighted by molar-refractivity contribution is 5.19. The van der Waals surface area contributed by atoms with E-state index >= 15 is 0 Å². The summed E-state index contributed by atoms with van der Waals surface area (Å²) in [7, 11) is 0. The zero-order valence-electron chi connectivity index (χ0n) is 10.4. The van der Waals surface area contributed by atoms with E-state index < -0.39 is 5.79 Å². The number of ether oxygens (including phenoxy) is 2. The molecule has 16 heavy (non-hydrogen) atoms. The van der Waals surface area contributed by atoms with Crippen LogP contribution in [0, 0.1) is 5.92 Å². The lowest BCUT2D eigenvalue weighted by Gasteiger charge is -2.44. The van der Waals surface area contributed by atoms with Crippen LogP contribution in [0.4, 0.5) is 0 Å². The molecule has 0 amide bonds. The van der Waals surface area contributed by atoms with Gasteiger partial charge in [-0.1, -0.05) is 37.3 Å². The molecule has 0 aliphatic carbocycles. The minimum atomic E-state index is -0.494. The molecule has 0 aromatic heterocycles. The molecule has 0 spiro atoms. The second kappa shape index (κ2) is 4.19. The molecule has 0 unspecified atom stereocenters. The molecule has 1 aliphatic heterocycles. The monoisotopic (exact) mass is 220 g/mol.